The molecule has 0 rings (SSSR count). The van der Waals surface area contributed by atoms with Crippen LogP contribution in [0.3, 0.4) is 0 Å². The Hall–Kier alpha value is -1.92. The first kappa shape index (κ1) is 60.1. The number of carbonyl (C=O) groups excluding carboxylic acids is 2. The van der Waals surface area contributed by atoms with E-state index in [1.807, 2.05) is 6.08 Å². The van der Waals surface area contributed by atoms with Gasteiger partial charge in [0.05, 0.1) is 25.4 Å². The van der Waals surface area contributed by atoms with Crippen LogP contribution in [-0.2, 0) is 14.3 Å². The van der Waals surface area contributed by atoms with Crippen LogP contribution in [0, 0.1) is 0 Å². The minimum Gasteiger partial charge on any atom is -0.466 e. The molecule has 0 aliphatic rings. The van der Waals surface area contributed by atoms with Crippen molar-refractivity contribution in [2.75, 3.05) is 13.2 Å². The van der Waals surface area contributed by atoms with Gasteiger partial charge in [-0.15, -0.1) is 0 Å². The van der Waals surface area contributed by atoms with Crippen molar-refractivity contribution in [3.63, 3.8) is 0 Å². The van der Waals surface area contributed by atoms with Crippen LogP contribution in [0.2, 0.25) is 0 Å². The van der Waals surface area contributed by atoms with E-state index in [4.69, 9.17) is 4.74 Å². The Labute approximate surface area is 385 Å². The van der Waals surface area contributed by atoms with E-state index in [-0.39, 0.29) is 18.5 Å². The van der Waals surface area contributed by atoms with E-state index in [1.165, 1.54) is 199 Å². The lowest BCUT2D eigenvalue weighted by atomic mass is 10.1. The lowest BCUT2D eigenvalue weighted by Crippen LogP contribution is -2.45. The lowest BCUT2D eigenvalue weighted by Gasteiger charge is -2.20. The van der Waals surface area contributed by atoms with Crippen molar-refractivity contribution in [1.82, 2.24) is 5.32 Å². The molecule has 3 N–H and O–H groups in total. The number of ether oxygens (including phenoxy) is 1. The highest BCUT2D eigenvalue weighted by atomic mass is 16.5. The van der Waals surface area contributed by atoms with Crippen LogP contribution in [0.5, 0.6) is 0 Å². The Balaban J connectivity index is 3.44. The van der Waals surface area contributed by atoms with Gasteiger partial charge >= 0.3 is 5.97 Å². The summed E-state index contributed by atoms with van der Waals surface area (Å²) in [6, 6.07) is -0.636. The van der Waals surface area contributed by atoms with Gasteiger partial charge in [0.25, 0.3) is 0 Å². The first-order chi connectivity index (χ1) is 30.5. The zero-order chi connectivity index (χ0) is 45.1. The Kier molecular flexibility index (Phi) is 50.1. The number of hydrogen-bond donors (Lipinski definition) is 3. The topological polar surface area (TPSA) is 95.9 Å². The third kappa shape index (κ3) is 47.6. The van der Waals surface area contributed by atoms with Gasteiger partial charge in [0.15, 0.2) is 0 Å². The second-order valence-electron chi connectivity index (χ2n) is 18.5. The van der Waals surface area contributed by atoms with Crippen LogP contribution in [0.1, 0.15) is 284 Å². The number of hydrogen-bond acceptors (Lipinski definition) is 5. The summed E-state index contributed by atoms with van der Waals surface area (Å²) < 4.78 is 5.48. The molecule has 0 aliphatic carbocycles. The molecule has 0 aromatic rings. The summed E-state index contributed by atoms with van der Waals surface area (Å²) in [6.07, 6.45) is 63.0. The van der Waals surface area contributed by atoms with Crippen molar-refractivity contribution in [1.29, 1.82) is 0 Å². The molecule has 0 aromatic heterocycles. The normalized spacial score (nSPS) is 12.9. The summed E-state index contributed by atoms with van der Waals surface area (Å²) in [7, 11) is 0. The van der Waals surface area contributed by atoms with Gasteiger partial charge in [-0.3, -0.25) is 9.59 Å². The molecule has 0 saturated heterocycles. The highest BCUT2D eigenvalue weighted by molar-refractivity contribution is 5.76. The van der Waals surface area contributed by atoms with Crippen LogP contribution in [-0.4, -0.2) is 47.4 Å². The van der Waals surface area contributed by atoms with E-state index in [1.54, 1.807) is 6.08 Å². The quantitative estimate of drug-likeness (QED) is 0.0321. The molecule has 1 amide bonds. The molecule has 0 aromatic carbocycles. The molecule has 0 heterocycles. The first-order valence-electron chi connectivity index (χ1n) is 27.3. The molecule has 364 valence electrons. The first-order valence-corrected chi connectivity index (χ1v) is 27.3. The van der Waals surface area contributed by atoms with E-state index >= 15 is 0 Å². The van der Waals surface area contributed by atoms with Crippen molar-refractivity contribution in [3.05, 3.63) is 36.5 Å². The van der Waals surface area contributed by atoms with Gasteiger partial charge in [-0.2, -0.15) is 0 Å². The van der Waals surface area contributed by atoms with E-state index in [2.05, 4.69) is 43.5 Å². The summed E-state index contributed by atoms with van der Waals surface area (Å²) in [5.41, 5.74) is 0. The average molecular weight is 872 g/mol. The Bertz CT molecular complexity index is 1010. The molecule has 6 nitrogen and oxygen atoms in total. The lowest BCUT2D eigenvalue weighted by molar-refractivity contribution is -0.143. The van der Waals surface area contributed by atoms with Crippen LogP contribution in [0.25, 0.3) is 0 Å². The summed E-state index contributed by atoms with van der Waals surface area (Å²) in [5, 5.41) is 22.9. The second kappa shape index (κ2) is 51.7. The highest BCUT2D eigenvalue weighted by Crippen LogP contribution is 2.15. The summed E-state index contributed by atoms with van der Waals surface area (Å²) in [6.45, 7) is 4.86. The molecule has 6 heteroatoms. The van der Waals surface area contributed by atoms with Crippen LogP contribution >= 0.6 is 0 Å². The standard InChI is InChI=1S/C56H105NO5/c1-3-5-7-9-11-13-15-16-17-20-24-27-30-34-38-42-46-50-56(61)62-51-47-43-39-35-31-28-25-22-19-18-21-23-26-29-33-37-41-45-49-55(60)57-53(52-58)54(59)48-44-40-36-32-14-12-10-8-6-4-2/h16-17,21,23,44,48,53-54,58-59H,3-15,18-20,22,24-43,45-47,49-52H2,1-2H3,(H,57,60)/b17-16-,23-21-,48-44+. The fraction of sp³-hybridized carbons (Fsp3) is 0.857. The van der Waals surface area contributed by atoms with Gasteiger partial charge in [-0.25, -0.2) is 0 Å². The number of aliphatic hydroxyl groups is 2. The Morgan fingerprint density at radius 1 is 0.435 bits per heavy atom. The van der Waals surface area contributed by atoms with Crippen LogP contribution < -0.4 is 5.32 Å². The minimum atomic E-state index is -0.851. The number of rotatable bonds is 50. The van der Waals surface area contributed by atoms with Crippen molar-refractivity contribution in [3.8, 4) is 0 Å². The van der Waals surface area contributed by atoms with E-state index in [9.17, 15) is 19.8 Å². The molecule has 62 heavy (non-hydrogen) atoms. The fourth-order valence-corrected chi connectivity index (χ4v) is 8.15. The van der Waals surface area contributed by atoms with Gasteiger partial charge < -0.3 is 20.3 Å². The fourth-order valence-electron chi connectivity index (χ4n) is 8.15. The minimum absolute atomic E-state index is 0.00188. The maximum atomic E-state index is 12.4. The predicted molar refractivity (Wildman–Crippen MR) is 269 cm³/mol. The largest absolute Gasteiger partial charge is 0.466 e. The molecule has 2 unspecified atom stereocenters. The van der Waals surface area contributed by atoms with E-state index in [0.717, 1.165) is 57.8 Å². The van der Waals surface area contributed by atoms with Crippen LogP contribution in [0.15, 0.2) is 36.5 Å². The molecular weight excluding hydrogens is 767 g/mol. The molecular formula is C56H105NO5. The molecule has 0 aliphatic heterocycles. The summed E-state index contributed by atoms with van der Waals surface area (Å²) >= 11 is 0. The number of amides is 1. The third-order valence-corrected chi connectivity index (χ3v) is 12.4. The van der Waals surface area contributed by atoms with E-state index in [0.29, 0.717) is 19.4 Å². The number of esters is 1. The molecule has 0 radical (unpaired) electrons. The van der Waals surface area contributed by atoms with Crippen molar-refractivity contribution >= 4 is 11.9 Å². The maximum Gasteiger partial charge on any atom is 0.305 e. The summed E-state index contributed by atoms with van der Waals surface area (Å²) in [4.78, 5) is 24.4. The van der Waals surface area contributed by atoms with Gasteiger partial charge in [0.1, 0.15) is 0 Å². The van der Waals surface area contributed by atoms with Crippen molar-refractivity contribution in [2.24, 2.45) is 0 Å². The zero-order valence-corrected chi connectivity index (χ0v) is 41.4. The Morgan fingerprint density at radius 3 is 1.15 bits per heavy atom. The Morgan fingerprint density at radius 2 is 0.758 bits per heavy atom. The van der Waals surface area contributed by atoms with Crippen LogP contribution in [0.4, 0.5) is 0 Å². The molecule has 0 fully saturated rings. The van der Waals surface area contributed by atoms with Crippen molar-refractivity contribution < 1.29 is 24.5 Å². The molecule has 0 spiro atoms. The highest BCUT2D eigenvalue weighted by Gasteiger charge is 2.18. The van der Waals surface area contributed by atoms with Gasteiger partial charge in [-0.05, 0) is 83.5 Å². The maximum absolute atomic E-state index is 12.4. The smallest absolute Gasteiger partial charge is 0.305 e. The zero-order valence-electron chi connectivity index (χ0n) is 41.4. The van der Waals surface area contributed by atoms with Gasteiger partial charge in [0.2, 0.25) is 5.91 Å². The number of allylic oxidation sites excluding steroid dienone is 5. The number of carbonyl (C=O) groups is 2. The molecule has 0 bridgehead atoms. The van der Waals surface area contributed by atoms with E-state index < -0.39 is 12.1 Å². The molecule has 2 atom stereocenters. The van der Waals surface area contributed by atoms with Gasteiger partial charge in [-0.1, -0.05) is 224 Å². The number of aliphatic hydroxyl groups excluding tert-OH is 2. The third-order valence-electron chi connectivity index (χ3n) is 12.4. The number of nitrogens with one attached hydrogen (secondary N) is 1. The second-order valence-corrected chi connectivity index (χ2v) is 18.5. The average Bonchev–Trinajstić information content (AvgIpc) is 3.27. The number of unbranched alkanes of at least 4 members (excludes halogenated alkanes) is 35. The predicted octanol–water partition coefficient (Wildman–Crippen LogP) is 16.5. The van der Waals surface area contributed by atoms with Crippen molar-refractivity contribution in [2.45, 2.75) is 296 Å². The van der Waals surface area contributed by atoms with Gasteiger partial charge in [0, 0.05) is 12.8 Å². The summed E-state index contributed by atoms with van der Waals surface area (Å²) in [5.74, 6) is -0.0868. The molecule has 0 saturated carbocycles. The monoisotopic (exact) mass is 872 g/mol. The SMILES string of the molecule is CCCCCCCC/C=C\CCCCCCCCCC(=O)OCCCCCCCCCCC/C=C\CCCCCCCC(=O)NC(CO)C(O)/C=C/CCCCCCCCCC.